The highest BCUT2D eigenvalue weighted by Crippen LogP contribution is 2.00. The molecule has 0 aromatic carbocycles. The summed E-state index contributed by atoms with van der Waals surface area (Å²) in [6, 6.07) is 0.396. The number of hydrogen-bond donors (Lipinski definition) is 2. The number of nitrogens with one attached hydrogen (secondary N) is 1. The van der Waals surface area contributed by atoms with Gasteiger partial charge in [0.25, 0.3) is 0 Å². The second kappa shape index (κ2) is 22.9. The largest absolute Gasteiger partial charge is 0.389 e. The van der Waals surface area contributed by atoms with Gasteiger partial charge >= 0.3 is 0 Å². The van der Waals surface area contributed by atoms with Crippen molar-refractivity contribution in [3.05, 3.63) is 60.8 Å². The predicted octanol–water partition coefficient (Wildman–Crippen LogP) is 6.28. The van der Waals surface area contributed by atoms with Crippen molar-refractivity contribution in [3.8, 4) is 0 Å². The summed E-state index contributed by atoms with van der Waals surface area (Å²) >= 11 is 0. The van der Waals surface area contributed by atoms with Crippen LogP contribution in [0.15, 0.2) is 60.8 Å². The van der Waals surface area contributed by atoms with E-state index in [2.05, 4.69) is 86.8 Å². The highest BCUT2D eigenvalue weighted by atomic mass is 16.5. The fourth-order valence-corrected chi connectivity index (χ4v) is 2.48. The van der Waals surface area contributed by atoms with E-state index in [1.807, 2.05) is 0 Å². The van der Waals surface area contributed by atoms with Gasteiger partial charge < -0.3 is 15.2 Å². The summed E-state index contributed by atoms with van der Waals surface area (Å²) < 4.78 is 5.52. The van der Waals surface area contributed by atoms with Gasteiger partial charge in [-0.05, 0) is 51.4 Å². The Balaban J connectivity index is 3.42. The topological polar surface area (TPSA) is 41.5 Å². The SMILES string of the molecule is CC/C=C\C/C=C\C/C=C\C/C=C\C/C=C\CCCCOCC(O)CNC(C)C. The number of rotatable bonds is 19. The summed E-state index contributed by atoms with van der Waals surface area (Å²) in [6.45, 7) is 8.04. The van der Waals surface area contributed by atoms with Crippen LogP contribution in [0.5, 0.6) is 0 Å². The van der Waals surface area contributed by atoms with E-state index in [0.717, 1.165) is 58.0 Å². The van der Waals surface area contributed by atoms with Crippen LogP contribution in [0.1, 0.15) is 72.1 Å². The zero-order valence-corrected chi connectivity index (χ0v) is 19.1. The van der Waals surface area contributed by atoms with Crippen molar-refractivity contribution in [2.45, 2.75) is 84.3 Å². The lowest BCUT2D eigenvalue weighted by Gasteiger charge is -2.14. The molecular formula is C26H45NO2. The zero-order chi connectivity index (χ0) is 21.4. The van der Waals surface area contributed by atoms with Gasteiger partial charge in [0.2, 0.25) is 0 Å². The molecule has 29 heavy (non-hydrogen) atoms. The molecule has 0 aliphatic carbocycles. The van der Waals surface area contributed by atoms with E-state index in [1.54, 1.807) is 0 Å². The van der Waals surface area contributed by atoms with E-state index in [9.17, 15) is 5.11 Å². The third-order valence-corrected chi connectivity index (χ3v) is 4.14. The Labute approximate surface area is 180 Å². The Kier molecular flexibility index (Phi) is 21.7. The van der Waals surface area contributed by atoms with Crippen LogP contribution in [0.4, 0.5) is 0 Å². The third kappa shape index (κ3) is 24.5. The minimum Gasteiger partial charge on any atom is -0.389 e. The van der Waals surface area contributed by atoms with Gasteiger partial charge in [0.15, 0.2) is 0 Å². The number of unbranched alkanes of at least 4 members (excludes halogenated alkanes) is 2. The average Bonchev–Trinajstić information content (AvgIpc) is 2.70. The minimum absolute atomic E-state index is 0.396. The maximum atomic E-state index is 9.74. The zero-order valence-electron chi connectivity index (χ0n) is 19.1. The van der Waals surface area contributed by atoms with Crippen LogP contribution < -0.4 is 5.32 Å². The van der Waals surface area contributed by atoms with E-state index in [4.69, 9.17) is 4.74 Å². The van der Waals surface area contributed by atoms with Gasteiger partial charge in [-0.3, -0.25) is 0 Å². The number of aliphatic hydroxyl groups is 1. The summed E-state index contributed by atoms with van der Waals surface area (Å²) in [5, 5.41) is 12.9. The Bertz CT molecular complexity index is 475. The van der Waals surface area contributed by atoms with Crippen LogP contribution in [0.25, 0.3) is 0 Å². The number of allylic oxidation sites excluding steroid dienone is 10. The molecule has 0 heterocycles. The summed E-state index contributed by atoms with van der Waals surface area (Å²) in [5.74, 6) is 0. The van der Waals surface area contributed by atoms with E-state index in [1.165, 1.54) is 0 Å². The van der Waals surface area contributed by atoms with Gasteiger partial charge in [0.1, 0.15) is 0 Å². The van der Waals surface area contributed by atoms with Crippen molar-refractivity contribution in [2.24, 2.45) is 0 Å². The van der Waals surface area contributed by atoms with Crippen LogP contribution in [0, 0.1) is 0 Å². The van der Waals surface area contributed by atoms with Crippen LogP contribution in [-0.2, 0) is 4.74 Å². The van der Waals surface area contributed by atoms with Gasteiger partial charge in [-0.2, -0.15) is 0 Å². The standard InChI is InChI=1S/C26H45NO2/c1-4-5-6-7-8-9-10-11-12-13-14-15-16-17-18-19-20-21-22-29-24-26(28)23-27-25(2)3/h5-6,8-9,11-12,14-15,17-18,25-28H,4,7,10,13,16,19-24H2,1-3H3/b6-5-,9-8-,12-11-,15-14-,18-17-. The van der Waals surface area contributed by atoms with Crippen molar-refractivity contribution >= 4 is 0 Å². The van der Waals surface area contributed by atoms with Gasteiger partial charge in [-0.25, -0.2) is 0 Å². The number of hydrogen-bond acceptors (Lipinski definition) is 3. The molecule has 1 atom stereocenters. The Morgan fingerprint density at radius 1 is 0.759 bits per heavy atom. The molecule has 0 saturated carbocycles. The molecule has 2 N–H and O–H groups in total. The van der Waals surface area contributed by atoms with Crippen LogP contribution in [-0.4, -0.2) is 37.0 Å². The van der Waals surface area contributed by atoms with E-state index in [0.29, 0.717) is 19.2 Å². The first-order valence-electron chi connectivity index (χ1n) is 11.4. The highest BCUT2D eigenvalue weighted by molar-refractivity contribution is 5.00. The molecule has 0 spiro atoms. The van der Waals surface area contributed by atoms with Crippen LogP contribution in [0.3, 0.4) is 0 Å². The van der Waals surface area contributed by atoms with Crippen molar-refractivity contribution < 1.29 is 9.84 Å². The number of aliphatic hydroxyl groups excluding tert-OH is 1. The van der Waals surface area contributed by atoms with Gasteiger partial charge in [0, 0.05) is 19.2 Å². The van der Waals surface area contributed by atoms with Gasteiger partial charge in [-0.15, -0.1) is 0 Å². The molecule has 0 aromatic heterocycles. The fourth-order valence-electron chi connectivity index (χ4n) is 2.48. The summed E-state index contributed by atoms with van der Waals surface area (Å²) in [6.07, 6.45) is 30.3. The van der Waals surface area contributed by atoms with E-state index < -0.39 is 6.10 Å². The molecule has 0 aliphatic rings. The molecule has 0 aromatic rings. The molecule has 1 unspecified atom stereocenters. The molecule has 0 rings (SSSR count). The van der Waals surface area contributed by atoms with Crippen molar-refractivity contribution in [3.63, 3.8) is 0 Å². The minimum atomic E-state index is -0.414. The fraction of sp³-hybridized carbons (Fsp3) is 0.615. The molecule has 0 fully saturated rings. The Hall–Kier alpha value is -1.42. The van der Waals surface area contributed by atoms with Crippen LogP contribution in [0.2, 0.25) is 0 Å². The molecule has 3 heteroatoms. The number of ether oxygens (including phenoxy) is 1. The average molecular weight is 404 g/mol. The van der Waals surface area contributed by atoms with Gasteiger partial charge in [0.05, 0.1) is 12.7 Å². The summed E-state index contributed by atoms with van der Waals surface area (Å²) in [7, 11) is 0. The second-order valence-electron chi connectivity index (χ2n) is 7.50. The first kappa shape index (κ1) is 27.6. The smallest absolute Gasteiger partial charge is 0.0897 e. The molecule has 3 nitrogen and oxygen atoms in total. The normalized spacial score (nSPS) is 14.1. The second-order valence-corrected chi connectivity index (χ2v) is 7.50. The summed E-state index contributed by atoms with van der Waals surface area (Å²) in [4.78, 5) is 0. The van der Waals surface area contributed by atoms with E-state index in [-0.39, 0.29) is 0 Å². The predicted molar refractivity (Wildman–Crippen MR) is 128 cm³/mol. The third-order valence-electron chi connectivity index (χ3n) is 4.14. The molecule has 166 valence electrons. The lowest BCUT2D eigenvalue weighted by atomic mass is 10.2. The lowest BCUT2D eigenvalue weighted by molar-refractivity contribution is 0.0348. The van der Waals surface area contributed by atoms with E-state index >= 15 is 0 Å². The summed E-state index contributed by atoms with van der Waals surface area (Å²) in [5.41, 5.74) is 0. The highest BCUT2D eigenvalue weighted by Gasteiger charge is 2.04. The first-order chi connectivity index (χ1) is 14.2. The molecule has 0 amide bonds. The Morgan fingerprint density at radius 3 is 1.79 bits per heavy atom. The van der Waals surface area contributed by atoms with Crippen molar-refractivity contribution in [1.82, 2.24) is 5.32 Å². The Morgan fingerprint density at radius 2 is 1.28 bits per heavy atom. The van der Waals surface area contributed by atoms with Crippen LogP contribution >= 0.6 is 0 Å². The lowest BCUT2D eigenvalue weighted by Crippen LogP contribution is -2.34. The maximum absolute atomic E-state index is 9.74. The molecule has 0 radical (unpaired) electrons. The molecular weight excluding hydrogens is 358 g/mol. The van der Waals surface area contributed by atoms with Crippen molar-refractivity contribution in [1.29, 1.82) is 0 Å². The maximum Gasteiger partial charge on any atom is 0.0897 e. The first-order valence-corrected chi connectivity index (χ1v) is 11.4. The van der Waals surface area contributed by atoms with Crippen molar-refractivity contribution in [2.75, 3.05) is 19.8 Å². The quantitative estimate of drug-likeness (QED) is 0.197. The van der Waals surface area contributed by atoms with Gasteiger partial charge in [-0.1, -0.05) is 81.5 Å². The molecule has 0 aliphatic heterocycles. The molecule has 0 bridgehead atoms. The molecule has 0 saturated heterocycles. The monoisotopic (exact) mass is 403 g/mol.